The smallest absolute Gasteiger partial charge is 0.122 e. The Hall–Kier alpha value is -1.13. The first-order chi connectivity index (χ1) is 9.74. The van der Waals surface area contributed by atoms with Crippen LogP contribution >= 0.6 is 27.7 Å². The van der Waals surface area contributed by atoms with E-state index in [9.17, 15) is 0 Å². The van der Waals surface area contributed by atoms with Gasteiger partial charge in [-0.15, -0.1) is 11.8 Å². The number of halogens is 1. The van der Waals surface area contributed by atoms with Crippen molar-refractivity contribution >= 4 is 33.4 Å². The van der Waals surface area contributed by atoms with Crippen molar-refractivity contribution in [3.05, 3.63) is 52.5 Å². The van der Waals surface area contributed by atoms with Gasteiger partial charge in [-0.05, 0) is 52.2 Å². The van der Waals surface area contributed by atoms with E-state index < -0.39 is 0 Å². The highest BCUT2D eigenvalue weighted by molar-refractivity contribution is 9.10. The molecule has 3 rings (SSSR count). The summed E-state index contributed by atoms with van der Waals surface area (Å²) in [6.07, 6.45) is 1.08. The van der Waals surface area contributed by atoms with Crippen LogP contribution in [-0.4, -0.2) is 12.4 Å². The Morgan fingerprint density at radius 2 is 2.10 bits per heavy atom. The fourth-order valence-corrected chi connectivity index (χ4v) is 4.24. The molecule has 0 amide bonds. The first-order valence-corrected chi connectivity index (χ1v) is 8.41. The Morgan fingerprint density at radius 3 is 2.95 bits per heavy atom. The van der Waals surface area contributed by atoms with Gasteiger partial charge in [-0.2, -0.15) is 0 Å². The molecule has 0 radical (unpaired) electrons. The van der Waals surface area contributed by atoms with Gasteiger partial charge in [0.05, 0.1) is 6.61 Å². The summed E-state index contributed by atoms with van der Waals surface area (Å²) in [5.41, 5.74) is 7.89. The van der Waals surface area contributed by atoms with Gasteiger partial charge in [-0.25, -0.2) is 0 Å². The number of hydrogen-bond donors (Lipinski definition) is 1. The van der Waals surface area contributed by atoms with Crippen molar-refractivity contribution in [3.63, 3.8) is 0 Å². The third-order valence-electron chi connectivity index (χ3n) is 3.48. The zero-order valence-corrected chi connectivity index (χ0v) is 13.4. The maximum atomic E-state index is 5.77. The van der Waals surface area contributed by atoms with Crippen molar-refractivity contribution in [2.45, 2.75) is 17.2 Å². The molecule has 0 aliphatic carbocycles. The summed E-state index contributed by atoms with van der Waals surface area (Å²) in [5, 5.41) is 0. The summed E-state index contributed by atoms with van der Waals surface area (Å²) >= 11 is 5.45. The number of anilines is 1. The Labute approximate surface area is 131 Å². The minimum Gasteiger partial charge on any atom is -0.493 e. The van der Waals surface area contributed by atoms with Crippen LogP contribution in [0.25, 0.3) is 0 Å². The van der Waals surface area contributed by atoms with E-state index in [4.69, 9.17) is 10.5 Å². The van der Waals surface area contributed by atoms with Gasteiger partial charge in [0.1, 0.15) is 5.75 Å². The Kier molecular flexibility index (Phi) is 4.22. The van der Waals surface area contributed by atoms with Crippen LogP contribution in [0.4, 0.5) is 5.69 Å². The lowest BCUT2D eigenvalue weighted by molar-refractivity contribution is 0.273. The SMILES string of the molecule is Nc1ccc(SCC2CCOc3ccccc32)c(Br)c1. The van der Waals surface area contributed by atoms with E-state index in [2.05, 4.69) is 40.2 Å². The highest BCUT2D eigenvalue weighted by Gasteiger charge is 2.21. The van der Waals surface area contributed by atoms with Gasteiger partial charge in [0.25, 0.3) is 0 Å². The van der Waals surface area contributed by atoms with Crippen LogP contribution in [0.5, 0.6) is 5.75 Å². The van der Waals surface area contributed by atoms with E-state index in [0.717, 1.165) is 34.7 Å². The average molecular weight is 350 g/mol. The number of ether oxygens (including phenoxy) is 1. The standard InChI is InChI=1S/C16H16BrNOS/c17-14-9-12(18)5-6-16(14)20-10-11-7-8-19-15-4-2-1-3-13(11)15/h1-6,9,11H,7-8,10,18H2. The van der Waals surface area contributed by atoms with Crippen LogP contribution in [0.3, 0.4) is 0 Å². The molecule has 0 saturated heterocycles. The molecule has 4 heteroatoms. The molecule has 2 nitrogen and oxygen atoms in total. The molecule has 1 atom stereocenters. The van der Waals surface area contributed by atoms with Crippen molar-refractivity contribution in [3.8, 4) is 5.75 Å². The molecule has 0 saturated carbocycles. The molecular formula is C16H16BrNOS. The maximum Gasteiger partial charge on any atom is 0.122 e. The number of nitrogen functional groups attached to an aromatic ring is 1. The highest BCUT2D eigenvalue weighted by Crippen LogP contribution is 2.38. The summed E-state index contributed by atoms with van der Waals surface area (Å²) in [5.74, 6) is 2.65. The number of benzene rings is 2. The maximum absolute atomic E-state index is 5.77. The van der Waals surface area contributed by atoms with E-state index in [1.54, 1.807) is 0 Å². The fourth-order valence-electron chi connectivity index (χ4n) is 2.41. The van der Waals surface area contributed by atoms with Crippen molar-refractivity contribution in [1.82, 2.24) is 0 Å². The average Bonchev–Trinajstić information content (AvgIpc) is 2.46. The zero-order chi connectivity index (χ0) is 13.9. The van der Waals surface area contributed by atoms with E-state index in [-0.39, 0.29) is 0 Å². The van der Waals surface area contributed by atoms with E-state index >= 15 is 0 Å². The van der Waals surface area contributed by atoms with Gasteiger partial charge in [-0.3, -0.25) is 0 Å². The van der Waals surface area contributed by atoms with Gasteiger partial charge in [-0.1, -0.05) is 18.2 Å². The van der Waals surface area contributed by atoms with Crippen molar-refractivity contribution in [1.29, 1.82) is 0 Å². The van der Waals surface area contributed by atoms with Gasteiger partial charge in [0.2, 0.25) is 0 Å². The Morgan fingerprint density at radius 1 is 1.25 bits per heavy atom. The Bertz CT molecular complexity index is 617. The lowest BCUT2D eigenvalue weighted by Gasteiger charge is -2.25. The second-order valence-corrected chi connectivity index (χ2v) is 6.79. The van der Waals surface area contributed by atoms with Gasteiger partial charge in [0.15, 0.2) is 0 Å². The molecule has 2 aromatic carbocycles. The van der Waals surface area contributed by atoms with Gasteiger partial charge in [0, 0.05) is 26.7 Å². The van der Waals surface area contributed by atoms with Crippen LogP contribution in [0.1, 0.15) is 17.9 Å². The number of nitrogens with two attached hydrogens (primary N) is 1. The number of thioether (sulfide) groups is 1. The molecule has 104 valence electrons. The minimum absolute atomic E-state index is 0.550. The monoisotopic (exact) mass is 349 g/mol. The zero-order valence-electron chi connectivity index (χ0n) is 11.0. The van der Waals surface area contributed by atoms with E-state index in [1.165, 1.54) is 10.5 Å². The molecule has 2 N–H and O–H groups in total. The van der Waals surface area contributed by atoms with Crippen LogP contribution in [-0.2, 0) is 0 Å². The molecule has 0 bridgehead atoms. The number of para-hydroxylation sites is 1. The largest absolute Gasteiger partial charge is 0.493 e. The lowest BCUT2D eigenvalue weighted by Crippen LogP contribution is -2.15. The highest BCUT2D eigenvalue weighted by atomic mass is 79.9. The normalized spacial score (nSPS) is 17.4. The summed E-state index contributed by atoms with van der Waals surface area (Å²) in [6, 6.07) is 14.3. The summed E-state index contributed by atoms with van der Waals surface area (Å²) < 4.78 is 6.78. The molecule has 1 heterocycles. The molecule has 0 fully saturated rings. The third-order valence-corrected chi connectivity index (χ3v) is 5.63. The summed E-state index contributed by atoms with van der Waals surface area (Å²) in [6.45, 7) is 0.811. The van der Waals surface area contributed by atoms with Gasteiger partial charge >= 0.3 is 0 Å². The van der Waals surface area contributed by atoms with Crippen molar-refractivity contribution in [2.24, 2.45) is 0 Å². The first-order valence-electron chi connectivity index (χ1n) is 6.63. The van der Waals surface area contributed by atoms with E-state index in [1.807, 2.05) is 30.0 Å². The van der Waals surface area contributed by atoms with Crippen LogP contribution in [0, 0.1) is 0 Å². The Balaban J connectivity index is 1.73. The number of rotatable bonds is 3. The molecule has 0 aromatic heterocycles. The molecular weight excluding hydrogens is 334 g/mol. The molecule has 2 aromatic rings. The second-order valence-electron chi connectivity index (χ2n) is 4.87. The van der Waals surface area contributed by atoms with E-state index in [0.29, 0.717) is 5.92 Å². The third kappa shape index (κ3) is 2.96. The second kappa shape index (κ2) is 6.10. The quantitative estimate of drug-likeness (QED) is 0.644. The fraction of sp³-hybridized carbons (Fsp3) is 0.250. The molecule has 1 aliphatic rings. The van der Waals surface area contributed by atoms with Crippen LogP contribution < -0.4 is 10.5 Å². The number of hydrogen-bond acceptors (Lipinski definition) is 3. The topological polar surface area (TPSA) is 35.2 Å². The molecule has 1 unspecified atom stereocenters. The van der Waals surface area contributed by atoms with Gasteiger partial charge < -0.3 is 10.5 Å². The summed E-state index contributed by atoms with van der Waals surface area (Å²) in [7, 11) is 0. The van der Waals surface area contributed by atoms with Crippen LogP contribution in [0.2, 0.25) is 0 Å². The summed E-state index contributed by atoms with van der Waals surface area (Å²) in [4.78, 5) is 1.24. The minimum atomic E-state index is 0.550. The predicted octanol–water partition coefficient (Wildman–Crippen LogP) is 4.69. The molecule has 20 heavy (non-hydrogen) atoms. The van der Waals surface area contributed by atoms with Crippen LogP contribution in [0.15, 0.2) is 51.8 Å². The number of fused-ring (bicyclic) bond motifs is 1. The molecule has 0 spiro atoms. The van der Waals surface area contributed by atoms with Crippen molar-refractivity contribution in [2.75, 3.05) is 18.1 Å². The first kappa shape index (κ1) is 13.8. The molecule has 1 aliphatic heterocycles. The predicted molar refractivity (Wildman–Crippen MR) is 88.6 cm³/mol. The van der Waals surface area contributed by atoms with Crippen molar-refractivity contribution < 1.29 is 4.74 Å². The lowest BCUT2D eigenvalue weighted by atomic mass is 9.95.